The summed E-state index contributed by atoms with van der Waals surface area (Å²) in [5.74, 6) is 0. The fourth-order valence-corrected chi connectivity index (χ4v) is 4.08. The second-order valence-corrected chi connectivity index (χ2v) is 7.74. The monoisotopic (exact) mass is 385 g/mol. The molecule has 1 aliphatic rings. The minimum atomic E-state index is 0.439. The molecule has 5 heteroatoms. The van der Waals surface area contributed by atoms with Crippen LogP contribution < -0.4 is 5.32 Å². The quantitative estimate of drug-likeness (QED) is 0.631. The summed E-state index contributed by atoms with van der Waals surface area (Å²) in [5, 5.41) is 7.51. The third-order valence-electron chi connectivity index (χ3n) is 4.93. The molecule has 3 aromatic rings. The first-order valence-electron chi connectivity index (χ1n) is 8.94. The van der Waals surface area contributed by atoms with Crippen molar-refractivity contribution in [2.75, 3.05) is 18.4 Å². The van der Waals surface area contributed by atoms with E-state index in [4.69, 9.17) is 23.2 Å². The highest BCUT2D eigenvalue weighted by molar-refractivity contribution is 6.35. The lowest BCUT2D eigenvalue weighted by atomic mass is 10.0. The number of hydrogen-bond donors (Lipinski definition) is 1. The Bertz CT molecular complexity index is 913. The van der Waals surface area contributed by atoms with Gasteiger partial charge in [-0.05, 0) is 60.7 Å². The van der Waals surface area contributed by atoms with Crippen molar-refractivity contribution < 1.29 is 0 Å². The lowest BCUT2D eigenvalue weighted by Gasteiger charge is -2.34. The van der Waals surface area contributed by atoms with Crippen LogP contribution in [0.5, 0.6) is 0 Å². The Balaban J connectivity index is 1.42. The fourth-order valence-electron chi connectivity index (χ4n) is 3.62. The van der Waals surface area contributed by atoms with Gasteiger partial charge >= 0.3 is 0 Å². The summed E-state index contributed by atoms with van der Waals surface area (Å²) in [6.07, 6.45) is 6.10. The van der Waals surface area contributed by atoms with Crippen molar-refractivity contribution in [2.45, 2.75) is 25.4 Å². The van der Waals surface area contributed by atoms with Gasteiger partial charge in [0.15, 0.2) is 0 Å². The van der Waals surface area contributed by atoms with Crippen LogP contribution in [0.3, 0.4) is 0 Å². The van der Waals surface area contributed by atoms with Gasteiger partial charge in [0, 0.05) is 52.6 Å². The molecule has 1 saturated heterocycles. The average Bonchev–Trinajstić information content (AvgIpc) is 2.64. The molecule has 0 saturated carbocycles. The number of piperidine rings is 1. The van der Waals surface area contributed by atoms with E-state index in [-0.39, 0.29) is 0 Å². The molecule has 1 aromatic heterocycles. The normalized spacial score (nSPS) is 18.2. The van der Waals surface area contributed by atoms with Gasteiger partial charge < -0.3 is 5.32 Å². The number of anilines is 1. The largest absolute Gasteiger partial charge is 0.381 e. The molecule has 1 atom stereocenters. The molecule has 26 heavy (non-hydrogen) atoms. The Hall–Kier alpha value is -1.81. The molecule has 0 aliphatic carbocycles. The van der Waals surface area contributed by atoms with Gasteiger partial charge in [-0.2, -0.15) is 0 Å². The van der Waals surface area contributed by atoms with Gasteiger partial charge in [0.1, 0.15) is 0 Å². The van der Waals surface area contributed by atoms with E-state index in [0.29, 0.717) is 11.1 Å². The van der Waals surface area contributed by atoms with Crippen molar-refractivity contribution in [2.24, 2.45) is 0 Å². The highest BCUT2D eigenvalue weighted by Crippen LogP contribution is 2.25. The lowest BCUT2D eigenvalue weighted by Crippen LogP contribution is -2.41. The second kappa shape index (κ2) is 7.83. The Morgan fingerprint density at radius 3 is 2.88 bits per heavy atom. The zero-order valence-corrected chi connectivity index (χ0v) is 16.0. The first-order chi connectivity index (χ1) is 12.7. The third-order valence-corrected chi connectivity index (χ3v) is 5.51. The van der Waals surface area contributed by atoms with Gasteiger partial charge in [0.05, 0.1) is 0 Å². The van der Waals surface area contributed by atoms with Crippen molar-refractivity contribution in [1.82, 2.24) is 9.88 Å². The number of nitrogens with one attached hydrogen (secondary N) is 1. The maximum Gasteiger partial charge on any atom is 0.0465 e. The summed E-state index contributed by atoms with van der Waals surface area (Å²) in [4.78, 5) is 6.63. The second-order valence-electron chi connectivity index (χ2n) is 6.89. The topological polar surface area (TPSA) is 28.2 Å². The lowest BCUT2D eigenvalue weighted by molar-refractivity contribution is 0.208. The fraction of sp³-hybridized carbons (Fsp3) is 0.286. The standard InChI is InChI=1S/C21H21Cl2N3/c22-18-5-3-17(21(23)11-18)13-26-9-1-2-20(14-26)25-19-6-4-16-12-24-8-7-15(16)10-19/h3-8,10-12,20,25H,1-2,9,13-14H2/t20-/m1/s1. The van der Waals surface area contributed by atoms with Gasteiger partial charge in [0.25, 0.3) is 0 Å². The van der Waals surface area contributed by atoms with E-state index in [2.05, 4.69) is 39.5 Å². The van der Waals surface area contributed by atoms with Crippen molar-refractivity contribution in [1.29, 1.82) is 0 Å². The highest BCUT2D eigenvalue weighted by Gasteiger charge is 2.20. The Morgan fingerprint density at radius 2 is 2.00 bits per heavy atom. The van der Waals surface area contributed by atoms with Crippen LogP contribution in [0.4, 0.5) is 5.69 Å². The molecule has 4 rings (SSSR count). The van der Waals surface area contributed by atoms with E-state index >= 15 is 0 Å². The van der Waals surface area contributed by atoms with Crippen LogP contribution in [0, 0.1) is 0 Å². The van der Waals surface area contributed by atoms with E-state index in [1.807, 2.05) is 30.6 Å². The molecule has 0 bridgehead atoms. The Labute approximate surface area is 163 Å². The number of hydrogen-bond acceptors (Lipinski definition) is 3. The van der Waals surface area contributed by atoms with E-state index in [9.17, 15) is 0 Å². The van der Waals surface area contributed by atoms with Gasteiger partial charge in [-0.3, -0.25) is 9.88 Å². The maximum absolute atomic E-state index is 6.34. The predicted octanol–water partition coefficient (Wildman–Crippen LogP) is 5.62. The molecule has 1 aliphatic heterocycles. The summed E-state index contributed by atoms with van der Waals surface area (Å²) < 4.78 is 0. The molecule has 0 spiro atoms. The van der Waals surface area contributed by atoms with Crippen LogP contribution in [0.25, 0.3) is 10.8 Å². The van der Waals surface area contributed by atoms with Crippen molar-refractivity contribution in [3.63, 3.8) is 0 Å². The summed E-state index contributed by atoms with van der Waals surface area (Å²) in [6, 6.07) is 14.7. The smallest absolute Gasteiger partial charge is 0.0465 e. The summed E-state index contributed by atoms with van der Waals surface area (Å²) in [7, 11) is 0. The first-order valence-corrected chi connectivity index (χ1v) is 9.69. The molecular weight excluding hydrogens is 365 g/mol. The summed E-state index contributed by atoms with van der Waals surface area (Å²) >= 11 is 12.3. The van der Waals surface area contributed by atoms with E-state index in [1.165, 1.54) is 29.3 Å². The van der Waals surface area contributed by atoms with Crippen LogP contribution in [0.15, 0.2) is 54.9 Å². The maximum atomic E-state index is 6.34. The minimum Gasteiger partial charge on any atom is -0.381 e. The molecule has 1 N–H and O–H groups in total. The van der Waals surface area contributed by atoms with Crippen LogP contribution in [0.1, 0.15) is 18.4 Å². The third kappa shape index (κ3) is 4.12. The molecular formula is C21H21Cl2N3. The number of pyridine rings is 1. The summed E-state index contributed by atoms with van der Waals surface area (Å²) in [5.41, 5.74) is 2.30. The van der Waals surface area contributed by atoms with Crippen LogP contribution in [-0.2, 0) is 6.54 Å². The van der Waals surface area contributed by atoms with Crippen LogP contribution in [0.2, 0.25) is 10.0 Å². The SMILES string of the molecule is Clc1ccc(CN2CCC[C@@H](Nc3ccc4cnccc4c3)C2)c(Cl)c1. The van der Waals surface area contributed by atoms with Crippen LogP contribution >= 0.6 is 23.2 Å². The molecule has 0 unspecified atom stereocenters. The van der Waals surface area contributed by atoms with Gasteiger partial charge in [-0.1, -0.05) is 35.3 Å². The number of rotatable bonds is 4. The number of fused-ring (bicyclic) bond motifs is 1. The van der Waals surface area contributed by atoms with Gasteiger partial charge in [-0.15, -0.1) is 0 Å². The van der Waals surface area contributed by atoms with E-state index < -0.39 is 0 Å². The van der Waals surface area contributed by atoms with Crippen molar-refractivity contribution >= 4 is 39.7 Å². The van der Waals surface area contributed by atoms with E-state index in [0.717, 1.165) is 30.2 Å². The number of nitrogens with zero attached hydrogens (tertiary/aromatic N) is 2. The minimum absolute atomic E-state index is 0.439. The molecule has 134 valence electrons. The van der Waals surface area contributed by atoms with Gasteiger partial charge in [-0.25, -0.2) is 0 Å². The Morgan fingerprint density at radius 1 is 1.08 bits per heavy atom. The highest BCUT2D eigenvalue weighted by atomic mass is 35.5. The zero-order valence-electron chi connectivity index (χ0n) is 14.5. The molecule has 0 radical (unpaired) electrons. The summed E-state index contributed by atoms with van der Waals surface area (Å²) in [6.45, 7) is 2.96. The predicted molar refractivity (Wildman–Crippen MR) is 110 cm³/mol. The van der Waals surface area contributed by atoms with Crippen molar-refractivity contribution in [3.8, 4) is 0 Å². The van der Waals surface area contributed by atoms with Gasteiger partial charge in [0.2, 0.25) is 0 Å². The average molecular weight is 386 g/mol. The number of likely N-dealkylation sites (tertiary alicyclic amines) is 1. The molecule has 2 heterocycles. The first kappa shape index (κ1) is 17.6. The molecule has 0 amide bonds. The number of halogens is 2. The molecule has 3 nitrogen and oxygen atoms in total. The Kier molecular flexibility index (Phi) is 5.30. The van der Waals surface area contributed by atoms with Crippen LogP contribution in [-0.4, -0.2) is 29.0 Å². The molecule has 1 fully saturated rings. The van der Waals surface area contributed by atoms with E-state index in [1.54, 1.807) is 0 Å². The number of benzene rings is 2. The van der Waals surface area contributed by atoms with Crippen molar-refractivity contribution in [3.05, 3.63) is 70.5 Å². The number of aromatic nitrogens is 1. The molecule has 2 aromatic carbocycles. The zero-order chi connectivity index (χ0) is 17.9.